The fraction of sp³-hybridized carbons (Fsp3) is 0.600. The van der Waals surface area contributed by atoms with E-state index in [2.05, 4.69) is 18.5 Å². The molecule has 0 aliphatic carbocycles. The molecule has 0 saturated carbocycles. The number of benzene rings is 1. The monoisotopic (exact) mass is 317 g/mol. The van der Waals surface area contributed by atoms with Crippen molar-refractivity contribution >= 4 is 23.4 Å². The Kier molecular flexibility index (Phi) is 8.38. The Bertz CT molecular complexity index is 403. The lowest BCUT2D eigenvalue weighted by Gasteiger charge is -2.17. The predicted octanol–water partition coefficient (Wildman–Crippen LogP) is 3.12. The van der Waals surface area contributed by atoms with E-state index >= 15 is 0 Å². The van der Waals surface area contributed by atoms with E-state index in [-0.39, 0.29) is 6.61 Å². The maximum Gasteiger partial charge on any atom is 0.119 e. The number of rotatable bonds is 9. The number of halogens is 1. The van der Waals surface area contributed by atoms with Crippen LogP contribution in [0, 0.1) is 6.92 Å². The SMILES string of the molecule is CSCCC(C)NCC(O)COc1ccc(Cl)c(C)c1. The van der Waals surface area contributed by atoms with E-state index in [0.717, 1.165) is 28.5 Å². The molecule has 0 fully saturated rings. The number of nitrogens with one attached hydrogen (secondary N) is 1. The van der Waals surface area contributed by atoms with Gasteiger partial charge in [0, 0.05) is 17.6 Å². The Labute approximate surface area is 131 Å². The van der Waals surface area contributed by atoms with Crippen LogP contribution in [0.5, 0.6) is 5.75 Å². The Morgan fingerprint density at radius 3 is 2.85 bits per heavy atom. The molecule has 0 amide bonds. The molecule has 1 rings (SSSR count). The molecular weight excluding hydrogens is 294 g/mol. The Hall–Kier alpha value is -0.420. The summed E-state index contributed by atoms with van der Waals surface area (Å²) in [5.41, 5.74) is 0.975. The molecule has 0 bridgehead atoms. The average Bonchev–Trinajstić information content (AvgIpc) is 2.44. The van der Waals surface area contributed by atoms with Crippen molar-refractivity contribution in [1.82, 2.24) is 5.32 Å². The fourth-order valence-corrected chi connectivity index (χ4v) is 2.40. The summed E-state index contributed by atoms with van der Waals surface area (Å²) in [6, 6.07) is 5.91. The second-order valence-electron chi connectivity index (χ2n) is 4.97. The van der Waals surface area contributed by atoms with Crippen LogP contribution in [0.15, 0.2) is 18.2 Å². The molecule has 2 unspecified atom stereocenters. The second kappa shape index (κ2) is 9.50. The number of aryl methyl sites for hydroxylation is 1. The van der Waals surface area contributed by atoms with Crippen molar-refractivity contribution in [1.29, 1.82) is 0 Å². The van der Waals surface area contributed by atoms with Gasteiger partial charge in [-0.3, -0.25) is 0 Å². The third-order valence-corrected chi connectivity index (χ3v) is 4.10. The molecule has 0 aromatic heterocycles. The lowest BCUT2D eigenvalue weighted by Crippen LogP contribution is -2.36. The van der Waals surface area contributed by atoms with Crippen LogP contribution >= 0.6 is 23.4 Å². The summed E-state index contributed by atoms with van der Waals surface area (Å²) >= 11 is 7.79. The molecule has 114 valence electrons. The van der Waals surface area contributed by atoms with Crippen molar-refractivity contribution in [3.63, 3.8) is 0 Å². The number of aliphatic hydroxyl groups excluding tert-OH is 1. The molecule has 1 aromatic carbocycles. The molecule has 2 N–H and O–H groups in total. The van der Waals surface area contributed by atoms with Gasteiger partial charge in [0.05, 0.1) is 0 Å². The van der Waals surface area contributed by atoms with E-state index in [1.807, 2.05) is 30.8 Å². The van der Waals surface area contributed by atoms with Crippen molar-refractivity contribution in [2.45, 2.75) is 32.4 Å². The molecule has 0 radical (unpaired) electrons. The summed E-state index contributed by atoms with van der Waals surface area (Å²) in [5, 5.41) is 13.9. The van der Waals surface area contributed by atoms with Gasteiger partial charge in [0.25, 0.3) is 0 Å². The standard InChI is InChI=1S/C15H24ClNO2S/c1-11-8-14(4-5-15(11)16)19-10-13(18)9-17-12(2)6-7-20-3/h4-5,8,12-13,17-18H,6-7,9-10H2,1-3H3. The number of thioether (sulfide) groups is 1. The van der Waals surface area contributed by atoms with Crippen LogP contribution in [0.2, 0.25) is 5.02 Å². The Morgan fingerprint density at radius 1 is 1.45 bits per heavy atom. The molecule has 0 aliphatic rings. The highest BCUT2D eigenvalue weighted by Gasteiger charge is 2.08. The van der Waals surface area contributed by atoms with E-state index in [1.165, 1.54) is 0 Å². The molecule has 3 nitrogen and oxygen atoms in total. The van der Waals surface area contributed by atoms with Crippen LogP contribution in [0.4, 0.5) is 0 Å². The molecule has 0 aliphatic heterocycles. The van der Waals surface area contributed by atoms with Crippen molar-refractivity contribution in [2.24, 2.45) is 0 Å². The van der Waals surface area contributed by atoms with Crippen molar-refractivity contribution < 1.29 is 9.84 Å². The Morgan fingerprint density at radius 2 is 2.20 bits per heavy atom. The first-order valence-corrected chi connectivity index (χ1v) is 8.59. The third kappa shape index (κ3) is 6.84. The van der Waals surface area contributed by atoms with Gasteiger partial charge in [-0.05, 0) is 56.0 Å². The van der Waals surface area contributed by atoms with Gasteiger partial charge < -0.3 is 15.2 Å². The smallest absolute Gasteiger partial charge is 0.119 e. The molecule has 0 spiro atoms. The number of aliphatic hydroxyl groups is 1. The zero-order chi connectivity index (χ0) is 15.0. The van der Waals surface area contributed by atoms with E-state index in [9.17, 15) is 5.11 Å². The summed E-state index contributed by atoms with van der Waals surface area (Å²) in [7, 11) is 0. The van der Waals surface area contributed by atoms with E-state index in [1.54, 1.807) is 6.07 Å². The van der Waals surface area contributed by atoms with Gasteiger partial charge in [0.1, 0.15) is 18.5 Å². The maximum absolute atomic E-state index is 9.89. The molecule has 1 aromatic rings. The highest BCUT2D eigenvalue weighted by atomic mass is 35.5. The van der Waals surface area contributed by atoms with Crippen LogP contribution < -0.4 is 10.1 Å². The van der Waals surface area contributed by atoms with Gasteiger partial charge in [0.15, 0.2) is 0 Å². The third-order valence-electron chi connectivity index (χ3n) is 3.03. The summed E-state index contributed by atoms with van der Waals surface area (Å²) in [6.07, 6.45) is 2.69. The normalized spacial score (nSPS) is 14.1. The average molecular weight is 318 g/mol. The van der Waals surface area contributed by atoms with E-state index in [0.29, 0.717) is 12.6 Å². The molecule has 0 heterocycles. The molecule has 5 heteroatoms. The topological polar surface area (TPSA) is 41.5 Å². The van der Waals surface area contributed by atoms with Crippen molar-refractivity contribution in [3.8, 4) is 5.75 Å². The lowest BCUT2D eigenvalue weighted by atomic mass is 10.2. The number of ether oxygens (including phenoxy) is 1. The highest BCUT2D eigenvalue weighted by Crippen LogP contribution is 2.21. The summed E-state index contributed by atoms with van der Waals surface area (Å²) < 4.78 is 5.56. The first kappa shape index (κ1) is 17.6. The summed E-state index contributed by atoms with van der Waals surface area (Å²) in [4.78, 5) is 0. The first-order chi connectivity index (χ1) is 9.52. The van der Waals surface area contributed by atoms with Gasteiger partial charge in [-0.2, -0.15) is 11.8 Å². The minimum absolute atomic E-state index is 0.281. The van der Waals surface area contributed by atoms with Crippen LogP contribution in [0.3, 0.4) is 0 Å². The van der Waals surface area contributed by atoms with Gasteiger partial charge in [-0.15, -0.1) is 0 Å². The van der Waals surface area contributed by atoms with Gasteiger partial charge in [-0.25, -0.2) is 0 Å². The Balaban J connectivity index is 2.25. The molecule has 20 heavy (non-hydrogen) atoms. The van der Waals surface area contributed by atoms with Crippen LogP contribution in [0.25, 0.3) is 0 Å². The number of hydrogen-bond acceptors (Lipinski definition) is 4. The van der Waals surface area contributed by atoms with E-state index < -0.39 is 6.10 Å². The van der Waals surface area contributed by atoms with Gasteiger partial charge in [0.2, 0.25) is 0 Å². The van der Waals surface area contributed by atoms with Crippen LogP contribution in [-0.4, -0.2) is 42.4 Å². The van der Waals surface area contributed by atoms with Crippen molar-refractivity contribution in [3.05, 3.63) is 28.8 Å². The predicted molar refractivity (Wildman–Crippen MR) is 88.2 cm³/mol. The molecule has 0 saturated heterocycles. The van der Waals surface area contributed by atoms with Crippen LogP contribution in [-0.2, 0) is 0 Å². The second-order valence-corrected chi connectivity index (χ2v) is 6.36. The quantitative estimate of drug-likeness (QED) is 0.734. The first-order valence-electron chi connectivity index (χ1n) is 6.82. The zero-order valence-electron chi connectivity index (χ0n) is 12.4. The fourth-order valence-electron chi connectivity index (χ4n) is 1.69. The highest BCUT2D eigenvalue weighted by molar-refractivity contribution is 7.98. The molecular formula is C15H24ClNO2S. The van der Waals surface area contributed by atoms with Gasteiger partial charge >= 0.3 is 0 Å². The summed E-state index contributed by atoms with van der Waals surface area (Å²) in [5.74, 6) is 1.87. The minimum Gasteiger partial charge on any atom is -0.491 e. The minimum atomic E-state index is -0.511. The maximum atomic E-state index is 9.89. The number of hydrogen-bond donors (Lipinski definition) is 2. The zero-order valence-corrected chi connectivity index (χ0v) is 13.9. The van der Waals surface area contributed by atoms with Crippen LogP contribution in [0.1, 0.15) is 18.9 Å². The van der Waals surface area contributed by atoms with Crippen molar-refractivity contribution in [2.75, 3.05) is 25.2 Å². The largest absolute Gasteiger partial charge is 0.491 e. The molecule has 2 atom stereocenters. The van der Waals surface area contributed by atoms with E-state index in [4.69, 9.17) is 16.3 Å². The van der Waals surface area contributed by atoms with Gasteiger partial charge in [-0.1, -0.05) is 11.6 Å². The lowest BCUT2D eigenvalue weighted by molar-refractivity contribution is 0.104. The summed E-state index contributed by atoms with van der Waals surface area (Å²) in [6.45, 7) is 4.89.